The van der Waals surface area contributed by atoms with E-state index >= 15 is 0 Å². The van der Waals surface area contributed by atoms with E-state index in [1.165, 1.54) is 0 Å². The first kappa shape index (κ1) is 13.9. The van der Waals surface area contributed by atoms with Gasteiger partial charge in [0.05, 0.1) is 18.0 Å². The van der Waals surface area contributed by atoms with Crippen molar-refractivity contribution in [2.24, 2.45) is 5.92 Å². The summed E-state index contributed by atoms with van der Waals surface area (Å²) in [4.78, 5) is 14.3. The van der Waals surface area contributed by atoms with E-state index in [9.17, 15) is 9.90 Å². The van der Waals surface area contributed by atoms with Gasteiger partial charge < -0.3 is 10.0 Å². The van der Waals surface area contributed by atoms with Gasteiger partial charge in [-0.05, 0) is 30.7 Å². The van der Waals surface area contributed by atoms with Crippen LogP contribution in [-0.2, 0) is 4.79 Å². The molecule has 0 saturated carbocycles. The molecular formula is C16H20ClNO2. The SMILES string of the molecule is O=C1CC(C(Cl)c2ccccc2)CC2CC[C@@H](CO)N12. The van der Waals surface area contributed by atoms with Gasteiger partial charge in [0.1, 0.15) is 0 Å². The lowest BCUT2D eigenvalue weighted by molar-refractivity contribution is -0.139. The van der Waals surface area contributed by atoms with Crippen LogP contribution in [-0.4, -0.2) is 34.6 Å². The summed E-state index contributed by atoms with van der Waals surface area (Å²) >= 11 is 6.59. The summed E-state index contributed by atoms with van der Waals surface area (Å²) in [6.45, 7) is 0.0793. The molecule has 4 heteroatoms. The molecule has 1 aromatic rings. The molecule has 0 spiro atoms. The Morgan fingerprint density at radius 1 is 1.30 bits per heavy atom. The topological polar surface area (TPSA) is 40.5 Å². The second-order valence-electron chi connectivity index (χ2n) is 5.88. The fourth-order valence-corrected chi connectivity index (χ4v) is 4.01. The predicted octanol–water partition coefficient (Wildman–Crippen LogP) is 2.73. The summed E-state index contributed by atoms with van der Waals surface area (Å²) in [5, 5.41) is 9.25. The molecule has 3 unspecified atom stereocenters. The Labute approximate surface area is 124 Å². The van der Waals surface area contributed by atoms with Gasteiger partial charge in [0, 0.05) is 12.5 Å². The maximum absolute atomic E-state index is 12.3. The largest absolute Gasteiger partial charge is 0.394 e. The Bertz CT molecular complexity index is 479. The second kappa shape index (κ2) is 5.74. The molecule has 2 aliphatic heterocycles. The van der Waals surface area contributed by atoms with Gasteiger partial charge in [0.15, 0.2) is 0 Å². The number of hydrogen-bond acceptors (Lipinski definition) is 2. The first-order valence-corrected chi connectivity index (χ1v) is 7.75. The maximum atomic E-state index is 12.3. The average Bonchev–Trinajstić information content (AvgIpc) is 2.91. The Balaban J connectivity index is 1.74. The van der Waals surface area contributed by atoms with Crippen molar-refractivity contribution in [3.63, 3.8) is 0 Å². The van der Waals surface area contributed by atoms with Crippen LogP contribution in [0, 0.1) is 5.92 Å². The van der Waals surface area contributed by atoms with Crippen LogP contribution >= 0.6 is 11.6 Å². The van der Waals surface area contributed by atoms with Gasteiger partial charge in [0.2, 0.25) is 5.91 Å². The van der Waals surface area contributed by atoms with Crippen molar-refractivity contribution in [3.05, 3.63) is 35.9 Å². The van der Waals surface area contributed by atoms with E-state index in [2.05, 4.69) is 0 Å². The number of aliphatic hydroxyl groups is 1. The number of rotatable bonds is 3. The van der Waals surface area contributed by atoms with Crippen LogP contribution in [0.15, 0.2) is 30.3 Å². The number of hydrogen-bond donors (Lipinski definition) is 1. The molecule has 1 amide bonds. The molecule has 20 heavy (non-hydrogen) atoms. The molecule has 3 rings (SSSR count). The van der Waals surface area contributed by atoms with E-state index in [4.69, 9.17) is 11.6 Å². The molecule has 1 aromatic carbocycles. The minimum absolute atomic E-state index is 0.0268. The quantitative estimate of drug-likeness (QED) is 0.871. The molecule has 0 aliphatic carbocycles. The first-order chi connectivity index (χ1) is 9.70. The van der Waals surface area contributed by atoms with Crippen molar-refractivity contribution in [2.45, 2.75) is 43.1 Å². The fourth-order valence-electron chi connectivity index (χ4n) is 3.67. The highest BCUT2D eigenvalue weighted by molar-refractivity contribution is 6.21. The number of halogens is 1. The molecule has 4 atom stereocenters. The van der Waals surface area contributed by atoms with Gasteiger partial charge in [-0.3, -0.25) is 4.79 Å². The van der Waals surface area contributed by atoms with Crippen molar-refractivity contribution < 1.29 is 9.90 Å². The molecule has 2 fully saturated rings. The number of aliphatic hydroxyl groups excluding tert-OH is 1. The van der Waals surface area contributed by atoms with E-state index in [0.29, 0.717) is 6.42 Å². The number of benzene rings is 1. The van der Waals surface area contributed by atoms with Crippen molar-refractivity contribution in [3.8, 4) is 0 Å². The second-order valence-corrected chi connectivity index (χ2v) is 6.35. The monoisotopic (exact) mass is 293 g/mol. The third kappa shape index (κ3) is 2.45. The Morgan fingerprint density at radius 2 is 2.05 bits per heavy atom. The number of alkyl halides is 1. The van der Waals surface area contributed by atoms with E-state index in [1.807, 2.05) is 35.2 Å². The van der Waals surface area contributed by atoms with Crippen LogP contribution in [0.4, 0.5) is 0 Å². The minimum atomic E-state index is -0.101. The third-order valence-corrected chi connectivity index (χ3v) is 5.27. The molecule has 2 saturated heterocycles. The molecule has 2 aliphatic rings. The normalized spacial score (nSPS) is 31.2. The van der Waals surface area contributed by atoms with Crippen LogP contribution in [0.5, 0.6) is 0 Å². The Kier molecular flexibility index (Phi) is 3.99. The number of carbonyl (C=O) groups is 1. The summed E-state index contributed by atoms with van der Waals surface area (Å²) < 4.78 is 0. The van der Waals surface area contributed by atoms with Crippen molar-refractivity contribution in [1.82, 2.24) is 4.90 Å². The molecule has 1 N–H and O–H groups in total. The predicted molar refractivity (Wildman–Crippen MR) is 78.5 cm³/mol. The third-order valence-electron chi connectivity index (χ3n) is 4.66. The zero-order chi connectivity index (χ0) is 14.1. The lowest BCUT2D eigenvalue weighted by Gasteiger charge is -2.39. The van der Waals surface area contributed by atoms with Crippen LogP contribution < -0.4 is 0 Å². The summed E-state index contributed by atoms with van der Waals surface area (Å²) in [7, 11) is 0. The van der Waals surface area contributed by atoms with Crippen LogP contribution in [0.25, 0.3) is 0 Å². The number of nitrogens with zero attached hydrogens (tertiary/aromatic N) is 1. The summed E-state index contributed by atoms with van der Waals surface area (Å²) in [5.41, 5.74) is 1.09. The van der Waals surface area contributed by atoms with E-state index in [-0.39, 0.29) is 35.9 Å². The molecule has 0 aromatic heterocycles. The van der Waals surface area contributed by atoms with Gasteiger partial charge in [-0.15, -0.1) is 11.6 Å². The standard InChI is InChI=1S/C16H20ClNO2/c17-16(11-4-2-1-3-5-11)12-8-13-6-7-14(10-19)18(13)15(20)9-12/h1-5,12-14,16,19H,6-10H2/t12?,13?,14-,16?/m0/s1. The van der Waals surface area contributed by atoms with Gasteiger partial charge in [-0.2, -0.15) is 0 Å². The highest BCUT2D eigenvalue weighted by Gasteiger charge is 2.43. The van der Waals surface area contributed by atoms with E-state index in [1.54, 1.807) is 0 Å². The van der Waals surface area contributed by atoms with Crippen molar-refractivity contribution >= 4 is 17.5 Å². The molecule has 108 valence electrons. The van der Waals surface area contributed by atoms with Crippen LogP contribution in [0.2, 0.25) is 0 Å². The number of carbonyl (C=O) groups excluding carboxylic acids is 1. The maximum Gasteiger partial charge on any atom is 0.223 e. The lowest BCUT2D eigenvalue weighted by atomic mass is 9.85. The molecule has 2 heterocycles. The van der Waals surface area contributed by atoms with Crippen LogP contribution in [0.3, 0.4) is 0 Å². The highest BCUT2D eigenvalue weighted by Crippen LogP contribution is 2.42. The summed E-state index contributed by atoms with van der Waals surface area (Å²) in [5.74, 6) is 0.356. The van der Waals surface area contributed by atoms with E-state index in [0.717, 1.165) is 24.8 Å². The van der Waals surface area contributed by atoms with E-state index < -0.39 is 0 Å². The molecule has 3 nitrogen and oxygen atoms in total. The van der Waals surface area contributed by atoms with Gasteiger partial charge in [-0.25, -0.2) is 0 Å². The summed E-state index contributed by atoms with van der Waals surface area (Å²) in [6, 6.07) is 10.3. The molecule has 0 bridgehead atoms. The smallest absolute Gasteiger partial charge is 0.223 e. The fraction of sp³-hybridized carbons (Fsp3) is 0.562. The van der Waals surface area contributed by atoms with Crippen molar-refractivity contribution in [2.75, 3.05) is 6.61 Å². The minimum Gasteiger partial charge on any atom is -0.394 e. The average molecular weight is 294 g/mol. The summed E-state index contributed by atoms with van der Waals surface area (Å²) in [6.07, 6.45) is 3.35. The Morgan fingerprint density at radius 3 is 2.75 bits per heavy atom. The van der Waals surface area contributed by atoms with Gasteiger partial charge >= 0.3 is 0 Å². The van der Waals surface area contributed by atoms with Crippen LogP contribution in [0.1, 0.15) is 36.6 Å². The molecule has 0 radical (unpaired) electrons. The highest BCUT2D eigenvalue weighted by atomic mass is 35.5. The zero-order valence-corrected chi connectivity index (χ0v) is 12.2. The molecular weight excluding hydrogens is 274 g/mol. The first-order valence-electron chi connectivity index (χ1n) is 7.31. The number of fused-ring (bicyclic) bond motifs is 1. The van der Waals surface area contributed by atoms with Crippen molar-refractivity contribution in [1.29, 1.82) is 0 Å². The zero-order valence-electron chi connectivity index (χ0n) is 11.4. The number of amides is 1. The van der Waals surface area contributed by atoms with Gasteiger partial charge in [0.25, 0.3) is 0 Å². The Hall–Kier alpha value is -1.06. The number of piperidine rings is 1. The van der Waals surface area contributed by atoms with Gasteiger partial charge in [-0.1, -0.05) is 30.3 Å². The lowest BCUT2D eigenvalue weighted by Crippen LogP contribution is -2.48.